The smallest absolute Gasteiger partial charge is 0.253 e. The van der Waals surface area contributed by atoms with E-state index in [0.29, 0.717) is 45.0 Å². The summed E-state index contributed by atoms with van der Waals surface area (Å²) < 4.78 is 32.2. The van der Waals surface area contributed by atoms with E-state index in [1.807, 2.05) is 7.05 Å². The Morgan fingerprint density at radius 3 is 2.72 bits per heavy atom. The van der Waals surface area contributed by atoms with Crippen LogP contribution in [0.5, 0.6) is 0 Å². The number of benzene rings is 1. The minimum Gasteiger partial charge on any atom is -0.379 e. The first-order valence-electron chi connectivity index (χ1n) is 8.67. The lowest BCUT2D eigenvalue weighted by molar-refractivity contribution is 0.0697. The topological polar surface area (TPSA) is 79.0 Å². The van der Waals surface area contributed by atoms with Gasteiger partial charge in [0.1, 0.15) is 0 Å². The van der Waals surface area contributed by atoms with Crippen LogP contribution in [0.2, 0.25) is 0 Å². The van der Waals surface area contributed by atoms with Gasteiger partial charge in [0, 0.05) is 37.8 Å². The third kappa shape index (κ3) is 4.03. The van der Waals surface area contributed by atoms with Crippen LogP contribution in [0.1, 0.15) is 23.2 Å². The van der Waals surface area contributed by atoms with Crippen molar-refractivity contribution in [1.29, 1.82) is 0 Å². The molecule has 0 radical (unpaired) electrons. The molecule has 2 saturated heterocycles. The highest BCUT2D eigenvalue weighted by molar-refractivity contribution is 7.89. The predicted octanol–water partition coefficient (Wildman–Crippen LogP) is 0.532. The van der Waals surface area contributed by atoms with Crippen molar-refractivity contribution in [3.05, 3.63) is 29.8 Å². The molecule has 0 spiro atoms. The van der Waals surface area contributed by atoms with E-state index in [0.717, 1.165) is 12.8 Å². The second kappa shape index (κ2) is 7.82. The normalized spacial score (nSPS) is 22.8. The molecule has 138 valence electrons. The van der Waals surface area contributed by atoms with Gasteiger partial charge in [-0.25, -0.2) is 8.42 Å². The number of hydrogen-bond acceptors (Lipinski definition) is 5. The maximum absolute atomic E-state index is 12.8. The Morgan fingerprint density at radius 1 is 1.24 bits per heavy atom. The maximum atomic E-state index is 12.8. The van der Waals surface area contributed by atoms with Gasteiger partial charge in [-0.05, 0) is 38.1 Å². The number of rotatable bonds is 4. The van der Waals surface area contributed by atoms with Crippen LogP contribution in [-0.4, -0.2) is 76.0 Å². The molecule has 0 aliphatic carbocycles. The van der Waals surface area contributed by atoms with Crippen molar-refractivity contribution < 1.29 is 17.9 Å². The van der Waals surface area contributed by atoms with Crippen LogP contribution < -0.4 is 5.32 Å². The highest BCUT2D eigenvalue weighted by Gasteiger charge is 2.28. The van der Waals surface area contributed by atoms with Gasteiger partial charge in [-0.1, -0.05) is 6.07 Å². The number of carbonyl (C=O) groups excluding carboxylic acids is 1. The summed E-state index contributed by atoms with van der Waals surface area (Å²) in [6.45, 7) is 2.84. The molecule has 2 heterocycles. The van der Waals surface area contributed by atoms with E-state index in [4.69, 9.17) is 4.74 Å². The van der Waals surface area contributed by atoms with E-state index >= 15 is 0 Å². The summed E-state index contributed by atoms with van der Waals surface area (Å²) in [5.41, 5.74) is 0.422. The van der Waals surface area contributed by atoms with Crippen molar-refractivity contribution in [3.8, 4) is 0 Å². The largest absolute Gasteiger partial charge is 0.379 e. The zero-order chi connectivity index (χ0) is 17.9. The highest BCUT2D eigenvalue weighted by atomic mass is 32.2. The van der Waals surface area contributed by atoms with Crippen molar-refractivity contribution in [1.82, 2.24) is 14.5 Å². The number of morpholine rings is 1. The fourth-order valence-corrected chi connectivity index (χ4v) is 4.76. The van der Waals surface area contributed by atoms with Crippen molar-refractivity contribution in [2.24, 2.45) is 0 Å². The highest BCUT2D eigenvalue weighted by Crippen LogP contribution is 2.20. The van der Waals surface area contributed by atoms with E-state index in [-0.39, 0.29) is 16.8 Å². The van der Waals surface area contributed by atoms with Crippen molar-refractivity contribution in [3.63, 3.8) is 0 Å². The number of nitrogens with one attached hydrogen (secondary N) is 1. The second-order valence-electron chi connectivity index (χ2n) is 6.42. The van der Waals surface area contributed by atoms with Gasteiger partial charge in [0.25, 0.3) is 5.91 Å². The van der Waals surface area contributed by atoms with Crippen LogP contribution in [0.25, 0.3) is 0 Å². The Kier molecular flexibility index (Phi) is 5.73. The zero-order valence-corrected chi connectivity index (χ0v) is 15.3. The number of hydrogen-bond donors (Lipinski definition) is 1. The fourth-order valence-electron chi connectivity index (χ4n) is 3.31. The van der Waals surface area contributed by atoms with Crippen molar-refractivity contribution >= 4 is 15.9 Å². The van der Waals surface area contributed by atoms with Crippen LogP contribution in [0.4, 0.5) is 0 Å². The summed E-state index contributed by atoms with van der Waals surface area (Å²) in [6.07, 6.45) is 1.99. The van der Waals surface area contributed by atoms with Gasteiger partial charge in [-0.3, -0.25) is 4.79 Å². The molecule has 3 rings (SSSR count). The molecule has 0 aromatic heterocycles. The third-order valence-electron chi connectivity index (χ3n) is 4.81. The average Bonchev–Trinajstić information content (AvgIpc) is 2.68. The number of piperidine rings is 1. The predicted molar refractivity (Wildman–Crippen MR) is 94.0 cm³/mol. The van der Waals surface area contributed by atoms with E-state index in [1.165, 1.54) is 10.4 Å². The lowest BCUT2D eigenvalue weighted by atomic mass is 10.0. The number of carbonyl (C=O) groups is 1. The molecule has 2 aliphatic rings. The van der Waals surface area contributed by atoms with Crippen molar-refractivity contribution in [2.75, 3.05) is 46.4 Å². The average molecular weight is 367 g/mol. The Morgan fingerprint density at radius 2 is 2.00 bits per heavy atom. The Hall–Kier alpha value is -1.48. The second-order valence-corrected chi connectivity index (χ2v) is 8.36. The first kappa shape index (κ1) is 18.3. The molecule has 1 aromatic rings. The maximum Gasteiger partial charge on any atom is 0.253 e. The Labute approximate surface area is 149 Å². The van der Waals surface area contributed by atoms with Gasteiger partial charge in [0.2, 0.25) is 10.0 Å². The molecule has 2 fully saturated rings. The lowest BCUT2D eigenvalue weighted by Crippen LogP contribution is -2.47. The van der Waals surface area contributed by atoms with Gasteiger partial charge in [0.05, 0.1) is 18.1 Å². The molecule has 2 aliphatic heterocycles. The van der Waals surface area contributed by atoms with Gasteiger partial charge in [-0.2, -0.15) is 4.31 Å². The first-order chi connectivity index (χ1) is 12.0. The number of ether oxygens (including phenoxy) is 1. The molecular weight excluding hydrogens is 342 g/mol. The minimum absolute atomic E-state index is 0.112. The number of amides is 1. The van der Waals surface area contributed by atoms with E-state index in [9.17, 15) is 13.2 Å². The van der Waals surface area contributed by atoms with Gasteiger partial charge >= 0.3 is 0 Å². The van der Waals surface area contributed by atoms with Crippen LogP contribution in [-0.2, 0) is 14.8 Å². The minimum atomic E-state index is -3.59. The quantitative estimate of drug-likeness (QED) is 0.840. The molecule has 0 bridgehead atoms. The van der Waals surface area contributed by atoms with Crippen LogP contribution in [0.15, 0.2) is 29.2 Å². The molecule has 1 amide bonds. The van der Waals surface area contributed by atoms with Crippen LogP contribution in [0, 0.1) is 0 Å². The summed E-state index contributed by atoms with van der Waals surface area (Å²) in [6, 6.07) is 6.66. The zero-order valence-electron chi connectivity index (χ0n) is 14.5. The standard InChI is InChI=1S/C17H25N3O4S/c1-18-15-5-3-7-19(13-15)17(21)14-4-2-6-16(12-14)25(22,23)20-8-10-24-11-9-20/h2,4,6,12,15,18H,3,5,7-11,13H2,1H3. The Balaban J connectivity index is 1.80. The molecule has 1 atom stereocenters. The lowest BCUT2D eigenvalue weighted by Gasteiger charge is -2.32. The molecule has 7 nitrogen and oxygen atoms in total. The summed E-state index contributed by atoms with van der Waals surface area (Å²) in [5, 5.41) is 3.21. The molecule has 0 saturated carbocycles. The molecular formula is C17H25N3O4S. The van der Waals surface area contributed by atoms with Crippen molar-refractivity contribution in [2.45, 2.75) is 23.8 Å². The molecule has 1 unspecified atom stereocenters. The monoisotopic (exact) mass is 367 g/mol. The van der Waals surface area contributed by atoms with E-state index in [2.05, 4.69) is 5.32 Å². The number of sulfonamides is 1. The van der Waals surface area contributed by atoms with E-state index < -0.39 is 10.0 Å². The number of likely N-dealkylation sites (N-methyl/N-ethyl adjacent to an activating group) is 1. The molecule has 25 heavy (non-hydrogen) atoms. The van der Waals surface area contributed by atoms with Gasteiger partial charge in [0.15, 0.2) is 0 Å². The van der Waals surface area contributed by atoms with Gasteiger partial charge < -0.3 is 15.0 Å². The summed E-state index contributed by atoms with van der Waals surface area (Å²) >= 11 is 0. The summed E-state index contributed by atoms with van der Waals surface area (Å²) in [4.78, 5) is 14.8. The molecule has 8 heteroatoms. The Bertz CT molecular complexity index is 716. The SMILES string of the molecule is CNC1CCCN(C(=O)c2cccc(S(=O)(=O)N3CCOCC3)c2)C1. The third-order valence-corrected chi connectivity index (χ3v) is 6.70. The van der Waals surface area contributed by atoms with Gasteiger partial charge in [-0.15, -0.1) is 0 Å². The van der Waals surface area contributed by atoms with Crippen LogP contribution >= 0.6 is 0 Å². The van der Waals surface area contributed by atoms with E-state index in [1.54, 1.807) is 23.1 Å². The number of nitrogens with zero attached hydrogens (tertiary/aromatic N) is 2. The summed E-state index contributed by atoms with van der Waals surface area (Å²) in [5.74, 6) is -0.112. The number of likely N-dealkylation sites (tertiary alicyclic amines) is 1. The summed E-state index contributed by atoms with van der Waals surface area (Å²) in [7, 11) is -1.70. The fraction of sp³-hybridized carbons (Fsp3) is 0.588. The first-order valence-corrected chi connectivity index (χ1v) is 10.1. The van der Waals surface area contributed by atoms with Crippen LogP contribution in [0.3, 0.4) is 0 Å². The molecule has 1 aromatic carbocycles. The molecule has 1 N–H and O–H groups in total.